The van der Waals surface area contributed by atoms with Crippen molar-refractivity contribution in [3.8, 4) is 0 Å². The van der Waals surface area contributed by atoms with E-state index in [9.17, 15) is 0 Å². The van der Waals surface area contributed by atoms with Gasteiger partial charge in [-0.05, 0) is 61.3 Å². The molecule has 29 heavy (non-hydrogen) atoms. The van der Waals surface area contributed by atoms with Gasteiger partial charge in [0.1, 0.15) is 0 Å². The molecule has 1 N–H and O–H groups in total. The lowest BCUT2D eigenvalue weighted by Crippen LogP contribution is -2.47. The van der Waals surface area contributed by atoms with Crippen LogP contribution in [-0.2, 0) is 19.4 Å². The van der Waals surface area contributed by atoms with Gasteiger partial charge in [-0.2, -0.15) is 0 Å². The summed E-state index contributed by atoms with van der Waals surface area (Å²) in [7, 11) is 0. The van der Waals surface area contributed by atoms with E-state index in [1.165, 1.54) is 47.3 Å². The van der Waals surface area contributed by atoms with Crippen molar-refractivity contribution >= 4 is 0 Å². The second kappa shape index (κ2) is 8.75. The highest BCUT2D eigenvalue weighted by atomic mass is 15.2. The van der Waals surface area contributed by atoms with E-state index in [4.69, 9.17) is 0 Å². The van der Waals surface area contributed by atoms with Crippen molar-refractivity contribution in [1.29, 1.82) is 0 Å². The fourth-order valence-electron chi connectivity index (χ4n) is 5.12. The Kier molecular flexibility index (Phi) is 6.10. The summed E-state index contributed by atoms with van der Waals surface area (Å²) < 4.78 is 0. The first-order valence-electron chi connectivity index (χ1n) is 11.3. The van der Waals surface area contributed by atoms with Crippen LogP contribution >= 0.6 is 0 Å². The molecule has 1 aliphatic carbocycles. The van der Waals surface area contributed by atoms with Crippen molar-refractivity contribution in [3.63, 3.8) is 0 Å². The van der Waals surface area contributed by atoms with Crippen LogP contribution in [0.2, 0.25) is 0 Å². The fraction of sp³-hybridized carbons (Fsp3) is 0.481. The predicted octanol–water partition coefficient (Wildman–Crippen LogP) is 5.50. The molecule has 1 aliphatic heterocycles. The number of rotatable bonds is 8. The molecule has 3 unspecified atom stereocenters. The van der Waals surface area contributed by atoms with E-state index in [-0.39, 0.29) is 0 Å². The second-order valence-corrected chi connectivity index (χ2v) is 9.69. The van der Waals surface area contributed by atoms with Crippen LogP contribution in [0.4, 0.5) is 0 Å². The zero-order valence-corrected chi connectivity index (χ0v) is 18.3. The van der Waals surface area contributed by atoms with Crippen molar-refractivity contribution in [2.24, 2.45) is 11.8 Å². The summed E-state index contributed by atoms with van der Waals surface area (Å²) >= 11 is 0. The molecule has 1 saturated heterocycles. The number of fused-ring (bicyclic) bond motifs is 2. The van der Waals surface area contributed by atoms with Gasteiger partial charge in [-0.15, -0.1) is 0 Å². The highest BCUT2D eigenvalue weighted by Gasteiger charge is 2.42. The monoisotopic (exact) mass is 388 g/mol. The minimum absolute atomic E-state index is 0.572. The molecule has 0 spiro atoms. The van der Waals surface area contributed by atoms with Gasteiger partial charge in [-0.25, -0.2) is 0 Å². The predicted molar refractivity (Wildman–Crippen MR) is 123 cm³/mol. The first-order chi connectivity index (χ1) is 14.0. The largest absolute Gasteiger partial charge is 0.366 e. The van der Waals surface area contributed by atoms with Crippen molar-refractivity contribution in [2.75, 3.05) is 6.54 Å². The lowest BCUT2D eigenvalue weighted by Gasteiger charge is -2.38. The summed E-state index contributed by atoms with van der Waals surface area (Å²) in [6, 6.07) is 19.4. The zero-order valence-electron chi connectivity index (χ0n) is 18.3. The molecular formula is C27H36N2. The standard InChI is InChI=1S/C27H36N2/c1-19(2)13-22-9-11-23(12-10-22)14-21(4)29(18-24-7-5-20(3)6-8-24)27-16-25-15-26(27)28-17-25/h5-12,19,25-28H,4,13-18H2,1-3H3. The van der Waals surface area contributed by atoms with Gasteiger partial charge in [0.2, 0.25) is 0 Å². The smallest absolute Gasteiger partial charge is 0.0447 e. The normalized spacial score (nSPS) is 23.0. The van der Waals surface area contributed by atoms with Crippen molar-refractivity contribution < 1.29 is 0 Å². The van der Waals surface area contributed by atoms with Gasteiger partial charge < -0.3 is 10.2 Å². The van der Waals surface area contributed by atoms with Crippen LogP contribution < -0.4 is 5.32 Å². The molecule has 0 radical (unpaired) electrons. The van der Waals surface area contributed by atoms with Crippen LogP contribution in [-0.4, -0.2) is 23.5 Å². The van der Waals surface area contributed by atoms with Gasteiger partial charge in [0.25, 0.3) is 0 Å². The molecule has 0 amide bonds. The third-order valence-electron chi connectivity index (χ3n) is 6.65. The lowest BCUT2D eigenvalue weighted by molar-refractivity contribution is 0.193. The molecule has 3 atom stereocenters. The SMILES string of the molecule is C=C(Cc1ccc(CC(C)C)cc1)N(Cc1ccc(C)cc1)C1CC2CNC1C2. The number of nitrogens with one attached hydrogen (secondary N) is 1. The molecule has 2 nitrogen and oxygen atoms in total. The quantitative estimate of drug-likeness (QED) is 0.642. The van der Waals surface area contributed by atoms with Crippen LogP contribution in [0, 0.1) is 18.8 Å². The Morgan fingerprint density at radius 2 is 1.66 bits per heavy atom. The van der Waals surface area contributed by atoms with Gasteiger partial charge in [0.05, 0.1) is 0 Å². The molecule has 2 fully saturated rings. The fourth-order valence-corrected chi connectivity index (χ4v) is 5.12. The Bertz CT molecular complexity index is 819. The highest BCUT2D eigenvalue weighted by Crippen LogP contribution is 2.37. The Hall–Kier alpha value is -2.06. The molecule has 2 aliphatic rings. The third kappa shape index (κ3) is 4.93. The van der Waals surface area contributed by atoms with Crippen molar-refractivity contribution in [3.05, 3.63) is 83.1 Å². The lowest BCUT2D eigenvalue weighted by atomic mass is 9.99. The molecule has 2 bridgehead atoms. The maximum Gasteiger partial charge on any atom is 0.0447 e. The van der Waals surface area contributed by atoms with E-state index in [1.807, 2.05) is 0 Å². The molecular weight excluding hydrogens is 352 g/mol. The minimum Gasteiger partial charge on any atom is -0.366 e. The maximum atomic E-state index is 4.56. The Balaban J connectivity index is 1.49. The summed E-state index contributed by atoms with van der Waals surface area (Å²) in [6.45, 7) is 13.4. The number of allylic oxidation sites excluding steroid dienone is 1. The number of piperidine rings is 1. The maximum absolute atomic E-state index is 4.56. The number of hydrogen-bond donors (Lipinski definition) is 1. The Morgan fingerprint density at radius 1 is 1.00 bits per heavy atom. The first-order valence-corrected chi connectivity index (χ1v) is 11.3. The summed E-state index contributed by atoms with van der Waals surface area (Å²) in [5.74, 6) is 1.54. The molecule has 2 aromatic rings. The molecule has 2 aromatic carbocycles. The zero-order chi connectivity index (χ0) is 20.4. The van der Waals surface area contributed by atoms with E-state index < -0.39 is 0 Å². The number of hydrogen-bond acceptors (Lipinski definition) is 2. The van der Waals surface area contributed by atoms with Crippen molar-refractivity contribution in [1.82, 2.24) is 10.2 Å². The second-order valence-electron chi connectivity index (χ2n) is 9.69. The van der Waals surface area contributed by atoms with E-state index in [0.29, 0.717) is 18.0 Å². The first kappa shape index (κ1) is 20.2. The van der Waals surface area contributed by atoms with E-state index >= 15 is 0 Å². The summed E-state index contributed by atoms with van der Waals surface area (Å²) in [5.41, 5.74) is 6.76. The van der Waals surface area contributed by atoms with Crippen LogP contribution in [0.3, 0.4) is 0 Å². The summed E-state index contributed by atoms with van der Waals surface area (Å²) in [4.78, 5) is 2.60. The van der Waals surface area contributed by atoms with Crippen LogP contribution in [0.15, 0.2) is 60.8 Å². The average Bonchev–Trinajstić information content (AvgIpc) is 3.32. The van der Waals surface area contributed by atoms with E-state index in [1.54, 1.807) is 0 Å². The molecule has 154 valence electrons. The molecule has 1 heterocycles. The minimum atomic E-state index is 0.572. The van der Waals surface area contributed by atoms with Gasteiger partial charge >= 0.3 is 0 Å². The number of aryl methyl sites for hydroxylation is 1. The van der Waals surface area contributed by atoms with E-state index in [0.717, 1.165) is 25.3 Å². The summed E-state index contributed by atoms with van der Waals surface area (Å²) in [5, 5.41) is 3.74. The Labute approximate surface area is 177 Å². The van der Waals surface area contributed by atoms with Gasteiger partial charge in [0.15, 0.2) is 0 Å². The molecule has 0 aromatic heterocycles. The van der Waals surface area contributed by atoms with Gasteiger partial charge in [0, 0.05) is 30.7 Å². The van der Waals surface area contributed by atoms with Gasteiger partial charge in [-0.3, -0.25) is 0 Å². The highest BCUT2D eigenvalue weighted by molar-refractivity contribution is 5.27. The van der Waals surface area contributed by atoms with Crippen LogP contribution in [0.5, 0.6) is 0 Å². The van der Waals surface area contributed by atoms with E-state index in [2.05, 4.69) is 86.1 Å². The topological polar surface area (TPSA) is 15.3 Å². The summed E-state index contributed by atoms with van der Waals surface area (Å²) in [6.07, 6.45) is 4.71. The molecule has 4 rings (SSSR count). The van der Waals surface area contributed by atoms with Crippen molar-refractivity contribution in [2.45, 2.75) is 65.1 Å². The van der Waals surface area contributed by atoms with Crippen LogP contribution in [0.25, 0.3) is 0 Å². The van der Waals surface area contributed by atoms with Crippen LogP contribution in [0.1, 0.15) is 48.9 Å². The van der Waals surface area contributed by atoms with Gasteiger partial charge in [-0.1, -0.05) is 74.5 Å². The number of benzene rings is 2. The Morgan fingerprint density at radius 3 is 2.24 bits per heavy atom. The number of nitrogens with zero attached hydrogens (tertiary/aromatic N) is 1. The average molecular weight is 389 g/mol. The molecule has 2 heteroatoms. The molecule has 1 saturated carbocycles. The third-order valence-corrected chi connectivity index (χ3v) is 6.65.